The number of piperidine rings is 1. The molecule has 7 heteroatoms. The number of carbonyl (C=O) groups excluding carboxylic acids is 1. The summed E-state index contributed by atoms with van der Waals surface area (Å²) in [5.74, 6) is -1.15. The Kier molecular flexibility index (Phi) is 4.13. The van der Waals surface area contributed by atoms with Gasteiger partial charge in [-0.3, -0.25) is 4.79 Å². The zero-order chi connectivity index (χ0) is 14.9. The standard InChI is InChI=1S/C13H16ClN3O3/c1-7-2-3-8(11(15)18)6-17(7)12-10(14)4-9(5-16-12)13(19)20/h4-5,7-8H,2-3,6H2,1H3,(H2,15,18)(H,19,20). The summed E-state index contributed by atoms with van der Waals surface area (Å²) in [7, 11) is 0. The Hall–Kier alpha value is -1.82. The van der Waals surface area contributed by atoms with E-state index in [1.807, 2.05) is 11.8 Å². The van der Waals surface area contributed by atoms with E-state index < -0.39 is 5.97 Å². The number of primary amides is 1. The minimum Gasteiger partial charge on any atom is -0.478 e. The lowest BCUT2D eigenvalue weighted by atomic mass is 9.93. The van der Waals surface area contributed by atoms with Crippen molar-refractivity contribution in [2.24, 2.45) is 11.7 Å². The highest BCUT2D eigenvalue weighted by atomic mass is 35.5. The lowest BCUT2D eigenvalue weighted by molar-refractivity contribution is -0.122. The van der Waals surface area contributed by atoms with Crippen LogP contribution >= 0.6 is 11.6 Å². The Labute approximate surface area is 121 Å². The quantitative estimate of drug-likeness (QED) is 0.882. The Bertz CT molecular complexity index is 550. The maximum absolute atomic E-state index is 11.3. The molecule has 2 unspecified atom stereocenters. The van der Waals surface area contributed by atoms with Crippen molar-refractivity contribution in [1.82, 2.24) is 4.98 Å². The first kappa shape index (κ1) is 14.6. The predicted molar refractivity (Wildman–Crippen MR) is 74.9 cm³/mol. The predicted octanol–water partition coefficient (Wildman–Crippen LogP) is 1.52. The van der Waals surface area contributed by atoms with Crippen molar-refractivity contribution in [3.63, 3.8) is 0 Å². The number of carbonyl (C=O) groups is 2. The monoisotopic (exact) mass is 297 g/mol. The fourth-order valence-corrected chi connectivity index (χ4v) is 2.67. The first-order valence-electron chi connectivity index (χ1n) is 6.35. The number of hydrogen-bond donors (Lipinski definition) is 2. The second-order valence-electron chi connectivity index (χ2n) is 5.01. The first-order chi connectivity index (χ1) is 9.40. The summed E-state index contributed by atoms with van der Waals surface area (Å²) >= 11 is 6.12. The van der Waals surface area contributed by atoms with E-state index in [2.05, 4.69) is 4.98 Å². The number of anilines is 1. The van der Waals surface area contributed by atoms with E-state index in [-0.39, 0.29) is 28.5 Å². The summed E-state index contributed by atoms with van der Waals surface area (Å²) in [6.45, 7) is 2.47. The molecule has 1 aromatic rings. The van der Waals surface area contributed by atoms with E-state index in [0.717, 1.165) is 12.8 Å². The molecule has 1 aliphatic rings. The van der Waals surface area contributed by atoms with Gasteiger partial charge < -0.3 is 15.7 Å². The van der Waals surface area contributed by atoms with E-state index in [9.17, 15) is 9.59 Å². The van der Waals surface area contributed by atoms with Gasteiger partial charge in [-0.2, -0.15) is 0 Å². The molecule has 1 amide bonds. The summed E-state index contributed by atoms with van der Waals surface area (Å²) in [6, 6.07) is 1.54. The number of amides is 1. The molecule has 1 saturated heterocycles. The molecule has 108 valence electrons. The van der Waals surface area contributed by atoms with Crippen LogP contribution in [0.25, 0.3) is 0 Å². The maximum Gasteiger partial charge on any atom is 0.337 e. The molecule has 0 aromatic carbocycles. The van der Waals surface area contributed by atoms with Crippen molar-refractivity contribution < 1.29 is 14.7 Å². The van der Waals surface area contributed by atoms with Crippen molar-refractivity contribution in [2.75, 3.05) is 11.4 Å². The molecule has 2 rings (SSSR count). The smallest absolute Gasteiger partial charge is 0.337 e. The molecule has 3 N–H and O–H groups in total. The van der Waals surface area contributed by atoms with Crippen LogP contribution in [0.15, 0.2) is 12.3 Å². The third-order valence-corrected chi connectivity index (χ3v) is 3.90. The molecular weight excluding hydrogens is 282 g/mol. The molecule has 0 bridgehead atoms. The van der Waals surface area contributed by atoms with Crippen LogP contribution < -0.4 is 10.6 Å². The number of carboxylic acids is 1. The Morgan fingerprint density at radius 3 is 2.75 bits per heavy atom. The van der Waals surface area contributed by atoms with Crippen molar-refractivity contribution in [3.8, 4) is 0 Å². The van der Waals surface area contributed by atoms with Gasteiger partial charge in [-0.25, -0.2) is 9.78 Å². The Morgan fingerprint density at radius 2 is 2.20 bits per heavy atom. The van der Waals surface area contributed by atoms with Gasteiger partial charge >= 0.3 is 5.97 Å². The first-order valence-corrected chi connectivity index (χ1v) is 6.72. The molecule has 20 heavy (non-hydrogen) atoms. The fourth-order valence-electron chi connectivity index (χ4n) is 2.39. The molecule has 0 aliphatic carbocycles. The van der Waals surface area contributed by atoms with Gasteiger partial charge in [0, 0.05) is 18.8 Å². The summed E-state index contributed by atoms with van der Waals surface area (Å²) in [6.07, 6.45) is 2.83. The summed E-state index contributed by atoms with van der Waals surface area (Å²) in [4.78, 5) is 28.2. The second-order valence-corrected chi connectivity index (χ2v) is 5.42. The number of aromatic nitrogens is 1. The number of pyridine rings is 1. The molecule has 2 heterocycles. The van der Waals surface area contributed by atoms with Gasteiger partial charge in [0.05, 0.1) is 16.5 Å². The Morgan fingerprint density at radius 1 is 1.50 bits per heavy atom. The number of hydrogen-bond acceptors (Lipinski definition) is 4. The van der Waals surface area contributed by atoms with Crippen LogP contribution in [0.2, 0.25) is 5.02 Å². The van der Waals surface area contributed by atoms with Gasteiger partial charge in [0.15, 0.2) is 0 Å². The van der Waals surface area contributed by atoms with Crippen LogP contribution in [0, 0.1) is 5.92 Å². The largest absolute Gasteiger partial charge is 0.478 e. The molecule has 1 aromatic heterocycles. The molecule has 0 radical (unpaired) electrons. The van der Waals surface area contributed by atoms with E-state index in [0.29, 0.717) is 12.4 Å². The summed E-state index contributed by atoms with van der Waals surface area (Å²) < 4.78 is 0. The SMILES string of the molecule is CC1CCC(C(N)=O)CN1c1ncc(C(=O)O)cc1Cl. The summed E-state index contributed by atoms with van der Waals surface area (Å²) in [5, 5.41) is 9.17. The van der Waals surface area contributed by atoms with E-state index in [1.165, 1.54) is 12.3 Å². The minimum absolute atomic E-state index is 0.0369. The van der Waals surface area contributed by atoms with Crippen LogP contribution in [0.1, 0.15) is 30.1 Å². The van der Waals surface area contributed by atoms with Crippen LogP contribution in [0.3, 0.4) is 0 Å². The number of rotatable bonds is 3. The third-order valence-electron chi connectivity index (χ3n) is 3.63. The molecule has 0 spiro atoms. The Balaban J connectivity index is 2.29. The molecular formula is C13H16ClN3O3. The number of nitrogens with zero attached hydrogens (tertiary/aromatic N) is 2. The average molecular weight is 298 g/mol. The van der Waals surface area contributed by atoms with Crippen molar-refractivity contribution in [2.45, 2.75) is 25.8 Å². The van der Waals surface area contributed by atoms with E-state index >= 15 is 0 Å². The van der Waals surface area contributed by atoms with Gasteiger partial charge in [-0.05, 0) is 25.8 Å². The van der Waals surface area contributed by atoms with Crippen LogP contribution in [0.5, 0.6) is 0 Å². The van der Waals surface area contributed by atoms with Gasteiger partial charge in [0.2, 0.25) is 5.91 Å². The molecule has 1 aliphatic heterocycles. The molecule has 6 nitrogen and oxygen atoms in total. The summed E-state index contributed by atoms with van der Waals surface area (Å²) in [5.41, 5.74) is 5.40. The molecule has 1 fully saturated rings. The van der Waals surface area contributed by atoms with Crippen molar-refractivity contribution in [3.05, 3.63) is 22.8 Å². The molecule has 0 saturated carbocycles. The van der Waals surface area contributed by atoms with E-state index in [4.69, 9.17) is 22.4 Å². The highest BCUT2D eigenvalue weighted by Gasteiger charge is 2.30. The van der Waals surface area contributed by atoms with Crippen LogP contribution in [-0.4, -0.2) is 34.6 Å². The second kappa shape index (κ2) is 5.66. The number of carboxylic acid groups (broad SMARTS) is 1. The lowest BCUT2D eigenvalue weighted by Crippen LogP contribution is -2.46. The number of halogens is 1. The minimum atomic E-state index is -1.08. The van der Waals surface area contributed by atoms with Gasteiger partial charge in [0.1, 0.15) is 5.82 Å². The van der Waals surface area contributed by atoms with Crippen LogP contribution in [-0.2, 0) is 4.79 Å². The highest BCUT2D eigenvalue weighted by Crippen LogP contribution is 2.31. The van der Waals surface area contributed by atoms with Crippen molar-refractivity contribution >= 4 is 29.3 Å². The van der Waals surface area contributed by atoms with Crippen molar-refractivity contribution in [1.29, 1.82) is 0 Å². The van der Waals surface area contributed by atoms with Gasteiger partial charge in [-0.15, -0.1) is 0 Å². The normalized spacial score (nSPS) is 22.6. The van der Waals surface area contributed by atoms with Gasteiger partial charge in [-0.1, -0.05) is 11.6 Å². The number of nitrogens with two attached hydrogens (primary N) is 1. The average Bonchev–Trinajstić information content (AvgIpc) is 2.39. The maximum atomic E-state index is 11.3. The number of aromatic carboxylic acids is 1. The highest BCUT2D eigenvalue weighted by molar-refractivity contribution is 6.33. The molecule has 2 atom stereocenters. The lowest BCUT2D eigenvalue weighted by Gasteiger charge is -2.38. The zero-order valence-corrected chi connectivity index (χ0v) is 11.8. The topological polar surface area (TPSA) is 96.5 Å². The zero-order valence-electron chi connectivity index (χ0n) is 11.0. The van der Waals surface area contributed by atoms with Crippen LogP contribution in [0.4, 0.5) is 5.82 Å². The van der Waals surface area contributed by atoms with E-state index in [1.54, 1.807) is 0 Å². The van der Waals surface area contributed by atoms with Gasteiger partial charge in [0.25, 0.3) is 0 Å². The third kappa shape index (κ3) is 2.85. The fraction of sp³-hybridized carbons (Fsp3) is 0.462.